The number of nitrogens with zero attached hydrogens (tertiary/aromatic N) is 3. The van der Waals surface area contributed by atoms with E-state index >= 15 is 0 Å². The molecule has 6 aliphatic rings. The molecule has 17 rings (SSSR count). The Hall–Kier alpha value is -7.77. The summed E-state index contributed by atoms with van der Waals surface area (Å²) in [6.45, 7) is 2.19. The van der Waals surface area contributed by atoms with Crippen LogP contribution in [0.2, 0.25) is 0 Å². The minimum absolute atomic E-state index is 0.101. The fourth-order valence-corrected chi connectivity index (χ4v) is 17.1. The second kappa shape index (κ2) is 14.7. The summed E-state index contributed by atoms with van der Waals surface area (Å²) in [7, 11) is 0. The van der Waals surface area contributed by atoms with Gasteiger partial charge in [-0.25, -0.2) is 4.98 Å². The number of pyridine rings is 1. The number of anilines is 6. The number of aromatic nitrogens is 1. The highest BCUT2D eigenvalue weighted by Gasteiger charge is 2.58. The van der Waals surface area contributed by atoms with E-state index in [4.69, 9.17) is 4.98 Å². The molecule has 0 atom stereocenters. The van der Waals surface area contributed by atoms with Gasteiger partial charge in [-0.3, -0.25) is 0 Å². The average molecular weight is 966 g/mol. The predicted molar refractivity (Wildman–Crippen MR) is 304 cm³/mol. The highest BCUT2D eigenvalue weighted by Crippen LogP contribution is 2.66. The average Bonchev–Trinajstić information content (AvgIpc) is 3.48. The molecular formula is C67H44BN3S2. The van der Waals surface area contributed by atoms with Gasteiger partial charge in [0.1, 0.15) is 0 Å². The van der Waals surface area contributed by atoms with Crippen LogP contribution in [0.3, 0.4) is 0 Å². The molecule has 0 aliphatic carbocycles. The lowest BCUT2D eigenvalue weighted by Crippen LogP contribution is -2.63. The van der Waals surface area contributed by atoms with E-state index in [-0.39, 0.29) is 6.71 Å². The third-order valence-corrected chi connectivity index (χ3v) is 19.6. The lowest BCUT2D eigenvalue weighted by Gasteiger charge is -2.55. The zero-order valence-corrected chi connectivity index (χ0v) is 41.7. The van der Waals surface area contributed by atoms with Crippen molar-refractivity contribution in [3.63, 3.8) is 0 Å². The largest absolute Gasteiger partial charge is 0.311 e. The first-order valence-corrected chi connectivity index (χ1v) is 27.5. The van der Waals surface area contributed by atoms with Crippen LogP contribution in [0.5, 0.6) is 0 Å². The van der Waals surface area contributed by atoms with Crippen molar-refractivity contribution in [2.24, 2.45) is 0 Å². The van der Waals surface area contributed by atoms with Gasteiger partial charge < -0.3 is 9.80 Å². The van der Waals surface area contributed by atoms with Crippen molar-refractivity contribution in [3.8, 4) is 0 Å². The molecule has 0 unspecified atom stereocenters. The van der Waals surface area contributed by atoms with Gasteiger partial charge in [0, 0.05) is 53.1 Å². The Morgan fingerprint density at radius 2 is 0.849 bits per heavy atom. The van der Waals surface area contributed by atoms with Crippen LogP contribution in [0, 0.1) is 0 Å². The summed E-state index contributed by atoms with van der Waals surface area (Å²) in [5.41, 5.74) is 23.2. The summed E-state index contributed by atoms with van der Waals surface area (Å²) in [6.07, 6.45) is 3.11. The maximum atomic E-state index is 6.00. The Morgan fingerprint density at radius 3 is 1.38 bits per heavy atom. The quantitative estimate of drug-likeness (QED) is 0.129. The molecule has 0 fully saturated rings. The molecular weight excluding hydrogens is 922 g/mol. The monoisotopic (exact) mass is 965 g/mol. The predicted octanol–water partition coefficient (Wildman–Crippen LogP) is 15.1. The fraction of sp³-hybridized carbons (Fsp3) is 0.0896. The summed E-state index contributed by atoms with van der Waals surface area (Å²) in [4.78, 5) is 16.6. The van der Waals surface area contributed by atoms with E-state index in [0.29, 0.717) is 0 Å². The first kappa shape index (κ1) is 40.8. The van der Waals surface area contributed by atoms with Crippen LogP contribution in [0.4, 0.5) is 34.1 Å². The molecule has 0 amide bonds. The summed E-state index contributed by atoms with van der Waals surface area (Å²) in [6, 6.07) is 81.8. The van der Waals surface area contributed by atoms with Gasteiger partial charge in [-0.2, -0.15) is 0 Å². The third-order valence-electron chi connectivity index (χ3n) is 17.3. The van der Waals surface area contributed by atoms with Gasteiger partial charge in [-0.15, -0.1) is 0 Å². The number of hydrogen-bond acceptors (Lipinski definition) is 5. The lowest BCUT2D eigenvalue weighted by atomic mass is 9.32. The molecule has 0 bridgehead atoms. The van der Waals surface area contributed by atoms with E-state index in [1.807, 2.05) is 23.5 Å². The van der Waals surface area contributed by atoms with Gasteiger partial charge in [0.25, 0.3) is 6.71 Å². The Balaban J connectivity index is 1.07. The molecule has 342 valence electrons. The fourth-order valence-electron chi connectivity index (χ4n) is 14.7. The second-order valence-corrected chi connectivity index (χ2v) is 22.7. The topological polar surface area (TPSA) is 19.4 Å². The molecule has 0 radical (unpaired) electrons. The molecule has 11 aromatic rings. The second-order valence-electron chi connectivity index (χ2n) is 20.6. The Morgan fingerprint density at radius 1 is 0.411 bits per heavy atom. The highest BCUT2D eigenvalue weighted by molar-refractivity contribution is 7.99. The van der Waals surface area contributed by atoms with E-state index < -0.39 is 10.8 Å². The van der Waals surface area contributed by atoms with Crippen LogP contribution in [-0.2, 0) is 17.3 Å². The van der Waals surface area contributed by atoms with Crippen molar-refractivity contribution in [1.82, 2.24) is 4.98 Å². The lowest BCUT2D eigenvalue weighted by molar-refractivity contribution is 0.691. The zero-order valence-electron chi connectivity index (χ0n) is 40.1. The smallest absolute Gasteiger partial charge is 0.252 e. The Kier molecular flexibility index (Phi) is 8.21. The number of unbranched alkanes of at least 4 members (excludes halogenated alkanes) is 1. The SMILES string of the molecule is CCCCc1nc2c3c4c(cc2c2ccccc12)N1c2ccccc2C2(c5ccccc5Sc5ccccc52)c2cccc(c21)B4c1cccc2c1N3c1ccccc1C21c2ccccc2Sc2ccccc21. The Labute approximate surface area is 433 Å². The number of fused-ring (bicyclic) bond motifs is 24. The van der Waals surface area contributed by atoms with E-state index in [0.717, 1.165) is 24.8 Å². The molecule has 2 spiro atoms. The van der Waals surface area contributed by atoms with Crippen molar-refractivity contribution in [2.45, 2.75) is 56.6 Å². The van der Waals surface area contributed by atoms with E-state index in [1.165, 1.54) is 136 Å². The minimum atomic E-state index is -0.582. The molecule has 7 heterocycles. The maximum absolute atomic E-state index is 6.00. The number of benzene rings is 10. The molecule has 1 aromatic heterocycles. The minimum Gasteiger partial charge on any atom is -0.311 e. The summed E-state index contributed by atoms with van der Waals surface area (Å²) in [5.74, 6) is 0. The van der Waals surface area contributed by atoms with Gasteiger partial charge in [-0.05, 0) is 122 Å². The van der Waals surface area contributed by atoms with Crippen LogP contribution in [0.15, 0.2) is 232 Å². The van der Waals surface area contributed by atoms with Gasteiger partial charge in [-0.1, -0.05) is 207 Å². The number of hydrogen-bond donors (Lipinski definition) is 0. The maximum Gasteiger partial charge on any atom is 0.252 e. The number of rotatable bonds is 3. The molecule has 3 nitrogen and oxygen atoms in total. The van der Waals surface area contributed by atoms with Crippen LogP contribution in [-0.4, -0.2) is 11.7 Å². The standard InChI is InChI=1S/C67H44BN3S2/c1-2-3-32-53-41-21-5-4-20-40(41)42-39-56-61-65(62(42)69-53)71-55-34-13-7-23-44(55)67(47-26-10-16-37-59(47)73-60-38-17-11-27-48(60)67)50-29-19-31-52(64(50)71)68(61)51-30-18-28-49-63(51)70(56)54-33-12-6-22-43(54)66(49)45-24-8-14-35-57(45)72-58-36-15-9-25-46(58)66/h4-31,33-39H,2-3,32H2,1H3. The molecule has 0 saturated carbocycles. The first-order valence-electron chi connectivity index (χ1n) is 25.9. The first-order chi connectivity index (χ1) is 36.2. The van der Waals surface area contributed by atoms with Gasteiger partial charge in [0.2, 0.25) is 0 Å². The van der Waals surface area contributed by atoms with Gasteiger partial charge >= 0.3 is 0 Å². The van der Waals surface area contributed by atoms with Crippen molar-refractivity contribution >= 4 is 102 Å². The normalized spacial score (nSPS) is 15.7. The highest BCUT2D eigenvalue weighted by atomic mass is 32.2. The van der Waals surface area contributed by atoms with Crippen LogP contribution in [0.25, 0.3) is 21.7 Å². The third kappa shape index (κ3) is 4.90. The zero-order chi connectivity index (χ0) is 47.7. The molecule has 0 N–H and O–H groups in total. The molecule has 0 saturated heterocycles. The molecule has 6 heteroatoms. The number of aryl methyl sites for hydroxylation is 1. The van der Waals surface area contributed by atoms with E-state index in [1.54, 1.807) is 0 Å². The Bertz CT molecular complexity index is 4170. The van der Waals surface area contributed by atoms with Crippen molar-refractivity contribution in [2.75, 3.05) is 9.80 Å². The van der Waals surface area contributed by atoms with Crippen LogP contribution >= 0.6 is 23.5 Å². The molecule has 6 aliphatic heterocycles. The van der Waals surface area contributed by atoms with Crippen molar-refractivity contribution in [3.05, 3.63) is 263 Å². The van der Waals surface area contributed by atoms with Crippen LogP contribution < -0.4 is 26.2 Å². The molecule has 73 heavy (non-hydrogen) atoms. The number of para-hydroxylation sites is 4. The summed E-state index contributed by atoms with van der Waals surface area (Å²) in [5, 5.41) is 3.70. The van der Waals surface area contributed by atoms with Gasteiger partial charge in [0.15, 0.2) is 0 Å². The van der Waals surface area contributed by atoms with Crippen molar-refractivity contribution < 1.29 is 0 Å². The van der Waals surface area contributed by atoms with Crippen molar-refractivity contribution in [1.29, 1.82) is 0 Å². The molecule has 10 aromatic carbocycles. The van der Waals surface area contributed by atoms with Gasteiger partial charge in [0.05, 0.1) is 33.4 Å². The van der Waals surface area contributed by atoms with E-state index in [9.17, 15) is 0 Å². The van der Waals surface area contributed by atoms with Crippen LogP contribution in [0.1, 0.15) is 70.0 Å². The van der Waals surface area contributed by atoms with E-state index in [2.05, 4.69) is 229 Å². The summed E-state index contributed by atoms with van der Waals surface area (Å²) < 4.78 is 0. The summed E-state index contributed by atoms with van der Waals surface area (Å²) >= 11 is 3.81.